The lowest BCUT2D eigenvalue weighted by atomic mass is 10.1. The second-order valence-corrected chi connectivity index (χ2v) is 7.22. The monoisotopic (exact) mass is 420 g/mol. The molecule has 0 spiro atoms. The Balaban J connectivity index is 1.87. The van der Waals surface area contributed by atoms with E-state index in [0.29, 0.717) is 17.2 Å². The number of rotatable bonds is 7. The number of hydrogen-bond acceptors (Lipinski definition) is 7. The number of nitrogens with zero attached hydrogens (tertiary/aromatic N) is 5. The SMILES string of the molecule is C=C(NN=NC)c1sc(-n2cnc3cc(OC)c(OC)cc32)nc1-c1ccccc1. The topological polar surface area (TPSA) is 85.9 Å². The van der Waals surface area contributed by atoms with E-state index in [-0.39, 0.29) is 0 Å². The molecule has 0 unspecified atom stereocenters. The minimum absolute atomic E-state index is 0.617. The van der Waals surface area contributed by atoms with Crippen molar-refractivity contribution in [3.63, 3.8) is 0 Å². The van der Waals surface area contributed by atoms with Gasteiger partial charge in [0.15, 0.2) is 16.6 Å². The molecule has 0 atom stereocenters. The van der Waals surface area contributed by atoms with Gasteiger partial charge in [0.2, 0.25) is 0 Å². The number of ether oxygens (including phenoxy) is 2. The first-order chi connectivity index (χ1) is 14.7. The number of fused-ring (bicyclic) bond motifs is 1. The molecule has 2 heterocycles. The Bertz CT molecular complexity index is 1230. The molecule has 8 nitrogen and oxygen atoms in total. The van der Waals surface area contributed by atoms with Crippen molar-refractivity contribution in [2.45, 2.75) is 0 Å². The minimum Gasteiger partial charge on any atom is -0.493 e. The highest BCUT2D eigenvalue weighted by molar-refractivity contribution is 7.15. The molecule has 0 aliphatic heterocycles. The molecule has 0 bridgehead atoms. The van der Waals surface area contributed by atoms with Crippen molar-refractivity contribution in [2.75, 3.05) is 21.3 Å². The molecule has 152 valence electrons. The summed E-state index contributed by atoms with van der Waals surface area (Å²) in [4.78, 5) is 10.3. The van der Waals surface area contributed by atoms with Crippen LogP contribution in [0.3, 0.4) is 0 Å². The van der Waals surface area contributed by atoms with Crippen LogP contribution in [0.25, 0.3) is 33.1 Å². The second kappa shape index (κ2) is 8.34. The summed E-state index contributed by atoms with van der Waals surface area (Å²) in [6.45, 7) is 4.10. The molecule has 0 amide bonds. The van der Waals surface area contributed by atoms with Crippen LogP contribution in [-0.2, 0) is 0 Å². The fourth-order valence-corrected chi connectivity index (χ4v) is 4.05. The lowest BCUT2D eigenvalue weighted by Gasteiger charge is -2.07. The zero-order valence-electron chi connectivity index (χ0n) is 16.8. The Morgan fingerprint density at radius 1 is 1.13 bits per heavy atom. The molecule has 0 saturated heterocycles. The molecule has 0 aliphatic rings. The van der Waals surface area contributed by atoms with Gasteiger partial charge in [-0.1, -0.05) is 53.5 Å². The maximum Gasteiger partial charge on any atom is 0.196 e. The highest BCUT2D eigenvalue weighted by Gasteiger charge is 2.19. The molecule has 0 radical (unpaired) electrons. The maximum atomic E-state index is 5.46. The molecule has 0 fully saturated rings. The van der Waals surface area contributed by atoms with Crippen molar-refractivity contribution < 1.29 is 9.47 Å². The Labute approximate surface area is 177 Å². The maximum absolute atomic E-state index is 5.46. The molecule has 2 aromatic carbocycles. The van der Waals surface area contributed by atoms with Gasteiger partial charge in [-0.3, -0.25) is 9.99 Å². The van der Waals surface area contributed by atoms with Gasteiger partial charge in [0, 0.05) is 17.7 Å². The van der Waals surface area contributed by atoms with Crippen molar-refractivity contribution in [3.05, 3.63) is 60.2 Å². The lowest BCUT2D eigenvalue weighted by molar-refractivity contribution is 0.355. The third-order valence-corrected chi connectivity index (χ3v) is 5.60. The number of methoxy groups -OCH3 is 2. The van der Waals surface area contributed by atoms with Crippen LogP contribution in [0, 0.1) is 0 Å². The summed E-state index contributed by atoms with van der Waals surface area (Å²) >= 11 is 1.48. The van der Waals surface area contributed by atoms with Gasteiger partial charge < -0.3 is 9.47 Å². The third kappa shape index (κ3) is 3.50. The van der Waals surface area contributed by atoms with Crippen molar-refractivity contribution in [2.24, 2.45) is 10.3 Å². The summed E-state index contributed by atoms with van der Waals surface area (Å²) in [7, 11) is 4.80. The Morgan fingerprint density at radius 3 is 2.57 bits per heavy atom. The zero-order chi connectivity index (χ0) is 21.1. The normalized spacial score (nSPS) is 11.2. The summed E-state index contributed by atoms with van der Waals surface area (Å²) in [6, 6.07) is 13.7. The number of hydrogen-bond donors (Lipinski definition) is 1. The van der Waals surface area contributed by atoms with Crippen molar-refractivity contribution in [1.82, 2.24) is 20.0 Å². The molecule has 2 aromatic heterocycles. The van der Waals surface area contributed by atoms with Gasteiger partial charge in [-0.05, 0) is 0 Å². The number of nitrogens with one attached hydrogen (secondary N) is 1. The second-order valence-electron chi connectivity index (χ2n) is 6.24. The van der Waals surface area contributed by atoms with E-state index >= 15 is 0 Å². The predicted octanol–water partition coefficient (Wildman–Crippen LogP) is 4.72. The van der Waals surface area contributed by atoms with E-state index in [0.717, 1.165) is 32.3 Å². The average Bonchev–Trinajstić information content (AvgIpc) is 3.41. The molecular formula is C21H20N6O2S. The molecule has 0 saturated carbocycles. The molecule has 30 heavy (non-hydrogen) atoms. The first-order valence-electron chi connectivity index (χ1n) is 9.06. The van der Waals surface area contributed by atoms with Crippen LogP contribution in [0.1, 0.15) is 4.88 Å². The van der Waals surface area contributed by atoms with Gasteiger partial charge in [0.1, 0.15) is 6.33 Å². The van der Waals surface area contributed by atoms with Crippen LogP contribution in [-0.4, -0.2) is 35.8 Å². The summed E-state index contributed by atoms with van der Waals surface area (Å²) in [5.41, 5.74) is 6.91. The summed E-state index contributed by atoms with van der Waals surface area (Å²) in [5, 5.41) is 8.33. The molecule has 0 aliphatic carbocycles. The largest absolute Gasteiger partial charge is 0.493 e. The molecule has 4 rings (SSSR count). The summed E-state index contributed by atoms with van der Waals surface area (Å²) in [6.07, 6.45) is 1.74. The quantitative estimate of drug-likeness (QED) is 0.345. The highest BCUT2D eigenvalue weighted by Crippen LogP contribution is 2.37. The van der Waals surface area contributed by atoms with Crippen LogP contribution in [0.4, 0.5) is 0 Å². The van der Waals surface area contributed by atoms with Crippen molar-refractivity contribution >= 4 is 28.1 Å². The van der Waals surface area contributed by atoms with Crippen molar-refractivity contribution in [3.8, 4) is 27.9 Å². The standard InChI is InChI=1S/C21H20N6O2S/c1-13(25-26-22-2)20-19(14-8-6-5-7-9-14)24-21(30-20)27-12-23-15-10-17(28-3)18(29-4)11-16(15)27/h5-12H,1H2,2-4H3,(H,22,25). The summed E-state index contributed by atoms with van der Waals surface area (Å²) < 4.78 is 12.8. The van der Waals surface area contributed by atoms with Gasteiger partial charge in [-0.2, -0.15) is 5.11 Å². The fourth-order valence-electron chi connectivity index (χ4n) is 3.06. The van der Waals surface area contributed by atoms with E-state index in [4.69, 9.17) is 14.5 Å². The van der Waals surface area contributed by atoms with Crippen LogP contribution in [0.2, 0.25) is 0 Å². The first kappa shape index (κ1) is 19.6. The highest BCUT2D eigenvalue weighted by atomic mass is 32.1. The Morgan fingerprint density at radius 2 is 1.87 bits per heavy atom. The van der Waals surface area contributed by atoms with E-state index in [1.54, 1.807) is 27.6 Å². The van der Waals surface area contributed by atoms with Crippen LogP contribution >= 0.6 is 11.3 Å². The van der Waals surface area contributed by atoms with Gasteiger partial charge >= 0.3 is 0 Å². The molecule has 1 N–H and O–H groups in total. The minimum atomic E-state index is 0.617. The van der Waals surface area contributed by atoms with Gasteiger partial charge in [-0.25, -0.2) is 9.97 Å². The smallest absolute Gasteiger partial charge is 0.196 e. The Kier molecular flexibility index (Phi) is 5.44. The Hall–Kier alpha value is -3.72. The van der Waals surface area contributed by atoms with E-state index in [2.05, 4.69) is 27.3 Å². The molecule has 4 aromatic rings. The molecular weight excluding hydrogens is 400 g/mol. The van der Waals surface area contributed by atoms with E-state index in [1.165, 1.54) is 11.3 Å². The summed E-state index contributed by atoms with van der Waals surface area (Å²) in [5.74, 6) is 1.25. The van der Waals surface area contributed by atoms with Gasteiger partial charge in [-0.15, -0.1) is 0 Å². The molecule has 9 heteroatoms. The fraction of sp³-hybridized carbons (Fsp3) is 0.143. The van der Waals surface area contributed by atoms with E-state index < -0.39 is 0 Å². The predicted molar refractivity (Wildman–Crippen MR) is 118 cm³/mol. The number of imidazole rings is 1. The van der Waals surface area contributed by atoms with Crippen LogP contribution in [0.15, 0.2) is 65.7 Å². The third-order valence-electron chi connectivity index (χ3n) is 4.48. The van der Waals surface area contributed by atoms with E-state index in [9.17, 15) is 0 Å². The zero-order valence-corrected chi connectivity index (χ0v) is 17.6. The van der Waals surface area contributed by atoms with Gasteiger partial charge in [0.05, 0.1) is 48.6 Å². The number of thiazole rings is 1. The van der Waals surface area contributed by atoms with E-state index in [1.807, 2.05) is 47.0 Å². The number of benzene rings is 2. The average molecular weight is 420 g/mol. The van der Waals surface area contributed by atoms with Crippen LogP contribution in [0.5, 0.6) is 11.5 Å². The first-order valence-corrected chi connectivity index (χ1v) is 9.87. The van der Waals surface area contributed by atoms with Gasteiger partial charge in [0.25, 0.3) is 0 Å². The van der Waals surface area contributed by atoms with Crippen LogP contribution < -0.4 is 14.9 Å². The van der Waals surface area contributed by atoms with Crippen molar-refractivity contribution in [1.29, 1.82) is 0 Å². The lowest BCUT2D eigenvalue weighted by Crippen LogP contribution is -2.01. The number of aromatic nitrogens is 3.